The number of methoxy groups -OCH3 is 1. The fraction of sp³-hybridized carbons (Fsp3) is 0.111. The Morgan fingerprint density at radius 1 is 0.857 bits per heavy atom. The molecule has 106 valence electrons. The predicted molar refractivity (Wildman–Crippen MR) is 92.7 cm³/mol. The third kappa shape index (κ3) is 3.07. The number of hydrogen-bond donors (Lipinski definition) is 0. The quantitative estimate of drug-likeness (QED) is 0.521. The van der Waals surface area contributed by atoms with Crippen molar-refractivity contribution in [2.24, 2.45) is 0 Å². The molecule has 0 bridgehead atoms. The van der Waals surface area contributed by atoms with Crippen LogP contribution in [0.15, 0.2) is 60.7 Å². The van der Waals surface area contributed by atoms with Gasteiger partial charge in [-0.25, -0.2) is 0 Å². The Hall–Kier alpha value is -1.51. The Kier molecular flexibility index (Phi) is 4.18. The third-order valence-corrected chi connectivity index (χ3v) is 4.84. The number of halogens is 2. The van der Waals surface area contributed by atoms with Gasteiger partial charge in [0.1, 0.15) is 5.75 Å². The normalized spacial score (nSPS) is 12.3. The SMILES string of the molecule is COc1ccc2cc(C(Br)c3ccc(Cl)cc3)ccc2c1. The minimum Gasteiger partial charge on any atom is -0.497 e. The van der Waals surface area contributed by atoms with Crippen LogP contribution in [0.3, 0.4) is 0 Å². The number of hydrogen-bond acceptors (Lipinski definition) is 1. The van der Waals surface area contributed by atoms with Crippen molar-refractivity contribution >= 4 is 38.3 Å². The van der Waals surface area contributed by atoms with E-state index in [0.29, 0.717) is 0 Å². The Morgan fingerprint density at radius 3 is 2.19 bits per heavy atom. The maximum absolute atomic E-state index is 5.94. The molecule has 0 aliphatic carbocycles. The van der Waals surface area contributed by atoms with Crippen LogP contribution in [0.4, 0.5) is 0 Å². The molecule has 3 rings (SSSR count). The van der Waals surface area contributed by atoms with Gasteiger partial charge in [0.15, 0.2) is 0 Å². The van der Waals surface area contributed by atoms with Gasteiger partial charge in [-0.2, -0.15) is 0 Å². The van der Waals surface area contributed by atoms with Crippen molar-refractivity contribution < 1.29 is 4.74 Å². The second kappa shape index (κ2) is 6.08. The molecule has 1 atom stereocenters. The second-order valence-electron chi connectivity index (χ2n) is 4.89. The summed E-state index contributed by atoms with van der Waals surface area (Å²) >= 11 is 9.71. The predicted octanol–water partition coefficient (Wildman–Crippen LogP) is 5.99. The van der Waals surface area contributed by atoms with E-state index in [1.54, 1.807) is 7.11 Å². The van der Waals surface area contributed by atoms with Gasteiger partial charge in [-0.3, -0.25) is 0 Å². The number of rotatable bonds is 3. The fourth-order valence-corrected chi connectivity index (χ4v) is 3.07. The summed E-state index contributed by atoms with van der Waals surface area (Å²) in [6.07, 6.45) is 0. The molecule has 3 aromatic rings. The van der Waals surface area contributed by atoms with Crippen LogP contribution in [0.1, 0.15) is 16.0 Å². The third-order valence-electron chi connectivity index (χ3n) is 3.53. The van der Waals surface area contributed by atoms with Gasteiger partial charge < -0.3 is 4.74 Å². The van der Waals surface area contributed by atoms with Crippen molar-refractivity contribution in [3.05, 3.63) is 76.8 Å². The molecule has 21 heavy (non-hydrogen) atoms. The summed E-state index contributed by atoms with van der Waals surface area (Å²) in [5.74, 6) is 0.878. The monoisotopic (exact) mass is 360 g/mol. The first-order valence-corrected chi connectivity index (χ1v) is 7.94. The molecule has 0 heterocycles. The lowest BCUT2D eigenvalue weighted by atomic mass is 10.0. The standard InChI is InChI=1S/C18H14BrClO/c1-21-17-9-6-13-10-15(3-2-14(13)11-17)18(19)12-4-7-16(20)8-5-12/h2-11,18H,1H3. The van der Waals surface area contributed by atoms with E-state index in [2.05, 4.69) is 40.2 Å². The van der Waals surface area contributed by atoms with Crippen molar-refractivity contribution in [1.82, 2.24) is 0 Å². The van der Waals surface area contributed by atoms with E-state index in [0.717, 1.165) is 10.8 Å². The fourth-order valence-electron chi connectivity index (χ4n) is 2.35. The lowest BCUT2D eigenvalue weighted by Crippen LogP contribution is -1.92. The molecule has 0 aliphatic rings. The van der Waals surface area contributed by atoms with Crippen LogP contribution >= 0.6 is 27.5 Å². The molecule has 0 spiro atoms. The topological polar surface area (TPSA) is 9.23 Å². The molecular formula is C18H14BrClO. The average molecular weight is 362 g/mol. The Balaban J connectivity index is 1.98. The first-order valence-electron chi connectivity index (χ1n) is 6.64. The van der Waals surface area contributed by atoms with E-state index in [1.807, 2.05) is 36.4 Å². The largest absolute Gasteiger partial charge is 0.497 e. The summed E-state index contributed by atoms with van der Waals surface area (Å²) in [7, 11) is 1.69. The van der Waals surface area contributed by atoms with Gasteiger partial charge in [-0.15, -0.1) is 0 Å². The molecule has 0 saturated heterocycles. The second-order valence-corrected chi connectivity index (χ2v) is 6.24. The van der Waals surface area contributed by atoms with Crippen LogP contribution in [0.25, 0.3) is 10.8 Å². The molecule has 1 unspecified atom stereocenters. The molecule has 0 aromatic heterocycles. The zero-order valence-electron chi connectivity index (χ0n) is 11.5. The van der Waals surface area contributed by atoms with Crippen molar-refractivity contribution in [3.8, 4) is 5.75 Å². The highest BCUT2D eigenvalue weighted by Crippen LogP contribution is 2.33. The molecule has 0 fully saturated rings. The van der Waals surface area contributed by atoms with Crippen LogP contribution in [-0.4, -0.2) is 7.11 Å². The van der Waals surface area contributed by atoms with Gasteiger partial charge in [0.25, 0.3) is 0 Å². The number of alkyl halides is 1. The van der Waals surface area contributed by atoms with Gasteiger partial charge >= 0.3 is 0 Å². The van der Waals surface area contributed by atoms with Gasteiger partial charge in [-0.1, -0.05) is 57.9 Å². The molecular weight excluding hydrogens is 348 g/mol. The highest BCUT2D eigenvalue weighted by molar-refractivity contribution is 9.09. The van der Waals surface area contributed by atoms with Crippen molar-refractivity contribution in [2.45, 2.75) is 4.83 Å². The highest BCUT2D eigenvalue weighted by atomic mass is 79.9. The van der Waals surface area contributed by atoms with Gasteiger partial charge in [0.2, 0.25) is 0 Å². The summed E-state index contributed by atoms with van der Waals surface area (Å²) in [6, 6.07) is 20.5. The highest BCUT2D eigenvalue weighted by Gasteiger charge is 2.11. The Bertz CT molecular complexity index is 768. The van der Waals surface area contributed by atoms with E-state index in [9.17, 15) is 0 Å². The van der Waals surface area contributed by atoms with Crippen molar-refractivity contribution in [2.75, 3.05) is 7.11 Å². The van der Waals surface area contributed by atoms with E-state index < -0.39 is 0 Å². The molecule has 3 aromatic carbocycles. The Labute approximate surface area is 137 Å². The number of ether oxygens (including phenoxy) is 1. The zero-order chi connectivity index (χ0) is 14.8. The first-order chi connectivity index (χ1) is 10.2. The smallest absolute Gasteiger partial charge is 0.119 e. The maximum Gasteiger partial charge on any atom is 0.119 e. The molecule has 0 aliphatic heterocycles. The van der Waals surface area contributed by atoms with Crippen molar-refractivity contribution in [3.63, 3.8) is 0 Å². The molecule has 0 amide bonds. The minimum absolute atomic E-state index is 0.154. The molecule has 0 N–H and O–H groups in total. The minimum atomic E-state index is 0.154. The summed E-state index contributed by atoms with van der Waals surface area (Å²) in [4.78, 5) is 0.154. The van der Waals surface area contributed by atoms with Crippen LogP contribution in [0.2, 0.25) is 5.02 Å². The summed E-state index contributed by atoms with van der Waals surface area (Å²) in [5, 5.41) is 3.13. The van der Waals surface area contributed by atoms with Gasteiger partial charge in [-0.05, 0) is 52.2 Å². The lowest BCUT2D eigenvalue weighted by molar-refractivity contribution is 0.415. The lowest BCUT2D eigenvalue weighted by Gasteiger charge is -2.12. The van der Waals surface area contributed by atoms with E-state index in [4.69, 9.17) is 16.3 Å². The molecule has 1 nitrogen and oxygen atoms in total. The number of fused-ring (bicyclic) bond motifs is 1. The van der Waals surface area contributed by atoms with Gasteiger partial charge in [0, 0.05) is 5.02 Å². The van der Waals surface area contributed by atoms with Gasteiger partial charge in [0.05, 0.1) is 11.9 Å². The van der Waals surface area contributed by atoms with Crippen molar-refractivity contribution in [1.29, 1.82) is 0 Å². The Morgan fingerprint density at radius 2 is 1.48 bits per heavy atom. The number of benzene rings is 3. The zero-order valence-corrected chi connectivity index (χ0v) is 13.9. The van der Waals surface area contributed by atoms with Crippen LogP contribution in [-0.2, 0) is 0 Å². The van der Waals surface area contributed by atoms with E-state index in [-0.39, 0.29) is 4.83 Å². The van der Waals surface area contributed by atoms with E-state index >= 15 is 0 Å². The average Bonchev–Trinajstić information content (AvgIpc) is 2.54. The summed E-state index contributed by atoms with van der Waals surface area (Å²) in [5.41, 5.74) is 2.40. The molecule has 0 saturated carbocycles. The van der Waals surface area contributed by atoms with E-state index in [1.165, 1.54) is 21.9 Å². The molecule has 3 heteroatoms. The van der Waals surface area contributed by atoms with Crippen LogP contribution < -0.4 is 4.74 Å². The first kappa shape index (κ1) is 14.4. The van der Waals surface area contributed by atoms with Crippen LogP contribution in [0, 0.1) is 0 Å². The summed E-state index contributed by atoms with van der Waals surface area (Å²) < 4.78 is 5.26. The summed E-state index contributed by atoms with van der Waals surface area (Å²) in [6.45, 7) is 0. The molecule has 0 radical (unpaired) electrons. The van der Waals surface area contributed by atoms with Crippen LogP contribution in [0.5, 0.6) is 5.75 Å². The maximum atomic E-state index is 5.94.